The van der Waals surface area contributed by atoms with Crippen molar-refractivity contribution < 1.29 is 9.90 Å². The van der Waals surface area contributed by atoms with E-state index in [9.17, 15) is 4.79 Å². The van der Waals surface area contributed by atoms with Gasteiger partial charge in [-0.05, 0) is 69.3 Å². The molecule has 0 saturated heterocycles. The van der Waals surface area contributed by atoms with Crippen LogP contribution in [0.3, 0.4) is 0 Å². The highest BCUT2D eigenvalue weighted by atomic mass is 16.2. The van der Waals surface area contributed by atoms with Gasteiger partial charge in [0.05, 0.1) is 5.92 Å². The van der Waals surface area contributed by atoms with Crippen molar-refractivity contribution in [2.24, 2.45) is 5.92 Å². The highest BCUT2D eigenvalue weighted by Crippen LogP contribution is 2.40. The minimum atomic E-state index is -0.0445. The lowest BCUT2D eigenvalue weighted by atomic mass is 9.79. The first-order chi connectivity index (χ1) is 17.5. The van der Waals surface area contributed by atoms with E-state index in [-0.39, 0.29) is 11.8 Å². The highest BCUT2D eigenvalue weighted by molar-refractivity contribution is 5.99. The van der Waals surface area contributed by atoms with Gasteiger partial charge in [0.15, 0.2) is 0 Å². The molecule has 2 N–H and O–H groups in total. The van der Waals surface area contributed by atoms with Crippen LogP contribution >= 0.6 is 0 Å². The topological polar surface area (TPSA) is 59.6 Å². The molecule has 0 radical (unpaired) electrons. The zero-order chi connectivity index (χ0) is 25.9. The predicted molar refractivity (Wildman–Crippen MR) is 152 cm³/mol. The van der Waals surface area contributed by atoms with Crippen molar-refractivity contribution in [3.05, 3.63) is 54.3 Å². The molecule has 1 aliphatic heterocycles. The second-order valence-electron chi connectivity index (χ2n) is 10.2. The van der Waals surface area contributed by atoms with Gasteiger partial charge >= 0.3 is 0 Å². The first kappa shape index (κ1) is 28.2. The number of H-pyrrole nitrogens is 1. The molecule has 2 heterocycles. The Morgan fingerprint density at radius 1 is 1.14 bits per heavy atom. The number of aromatic amines is 1. The molecule has 0 unspecified atom stereocenters. The smallest absolute Gasteiger partial charge is 0.230 e. The third-order valence-electron chi connectivity index (χ3n) is 7.73. The van der Waals surface area contributed by atoms with Crippen molar-refractivity contribution >= 4 is 22.4 Å². The molecule has 36 heavy (non-hydrogen) atoms. The fraction of sp³-hybridized carbons (Fsp3) is 0.581. The number of hydrogen-bond acceptors (Lipinski definition) is 3. The molecule has 2 aliphatic rings. The van der Waals surface area contributed by atoms with Gasteiger partial charge < -0.3 is 15.0 Å². The van der Waals surface area contributed by atoms with Crippen LogP contribution in [0, 0.1) is 5.92 Å². The summed E-state index contributed by atoms with van der Waals surface area (Å²) in [6.45, 7) is 10.5. The number of hydrogen-bond donors (Lipinski definition) is 2. The lowest BCUT2D eigenvalue weighted by Gasteiger charge is -2.40. The molecule has 1 aliphatic carbocycles. The van der Waals surface area contributed by atoms with E-state index in [1.165, 1.54) is 66.1 Å². The number of nitrogens with zero attached hydrogens (tertiary/aromatic N) is 2. The number of benzene rings is 1. The van der Waals surface area contributed by atoms with Crippen LogP contribution in [0.5, 0.6) is 0 Å². The minimum Gasteiger partial charge on any atom is -0.396 e. The molecule has 0 bridgehead atoms. The number of carbonyl (C=O) groups is 1. The van der Waals surface area contributed by atoms with Crippen LogP contribution in [-0.2, 0) is 11.2 Å². The van der Waals surface area contributed by atoms with Gasteiger partial charge in [-0.3, -0.25) is 9.69 Å². The number of fused-ring (bicyclic) bond motifs is 2. The number of allylic oxidation sites excluding steroid dienone is 1. The van der Waals surface area contributed by atoms with Crippen LogP contribution < -0.4 is 0 Å². The van der Waals surface area contributed by atoms with Crippen molar-refractivity contribution in [3.8, 4) is 0 Å². The van der Waals surface area contributed by atoms with E-state index in [1.54, 1.807) is 0 Å². The summed E-state index contributed by atoms with van der Waals surface area (Å²) < 4.78 is 0. The van der Waals surface area contributed by atoms with Gasteiger partial charge in [0.1, 0.15) is 0 Å². The van der Waals surface area contributed by atoms with Crippen LogP contribution in [0.2, 0.25) is 0 Å². The number of nitrogens with one attached hydrogen (secondary N) is 1. The Morgan fingerprint density at radius 2 is 1.83 bits per heavy atom. The number of aromatic nitrogens is 1. The molecule has 2 aromatic rings. The Hall–Kier alpha value is -2.37. The summed E-state index contributed by atoms with van der Waals surface area (Å²) in [5, 5.41) is 9.87. The molecule has 0 fully saturated rings. The first-order valence-corrected chi connectivity index (χ1v) is 14.1. The van der Waals surface area contributed by atoms with Gasteiger partial charge in [-0.1, -0.05) is 56.4 Å². The van der Waals surface area contributed by atoms with E-state index >= 15 is 0 Å². The fourth-order valence-electron chi connectivity index (χ4n) is 5.66. The van der Waals surface area contributed by atoms with Crippen molar-refractivity contribution in [2.75, 3.05) is 33.3 Å². The SMILES string of the molecule is C=CCCCCCCCCCO.CCN(CC)C(=O)[C@@H]1C=C2c3cccc4[nH]cc(c34)C[C@H]2N(C)C1. The normalized spacial score (nSPS) is 18.7. The van der Waals surface area contributed by atoms with Crippen LogP contribution in [0.4, 0.5) is 0 Å². The number of aliphatic hydroxyl groups is 1. The molecular formula is C31H47N3O2. The Balaban J connectivity index is 0.000000257. The summed E-state index contributed by atoms with van der Waals surface area (Å²) in [5.41, 5.74) is 5.21. The average Bonchev–Trinajstić information content (AvgIpc) is 3.31. The zero-order valence-corrected chi connectivity index (χ0v) is 22.8. The van der Waals surface area contributed by atoms with Crippen LogP contribution in [0.15, 0.2) is 43.1 Å². The molecule has 4 rings (SSSR count). The molecule has 1 aromatic heterocycles. The van der Waals surface area contributed by atoms with Gasteiger partial charge in [-0.15, -0.1) is 6.58 Å². The van der Waals surface area contributed by atoms with Crippen molar-refractivity contribution in [1.29, 1.82) is 0 Å². The molecule has 5 heteroatoms. The van der Waals surface area contributed by atoms with E-state index < -0.39 is 0 Å². The monoisotopic (exact) mass is 493 g/mol. The summed E-state index contributed by atoms with van der Waals surface area (Å²) in [4.78, 5) is 20.6. The maximum Gasteiger partial charge on any atom is 0.230 e. The lowest BCUT2D eigenvalue weighted by molar-refractivity contribution is -0.134. The molecule has 0 spiro atoms. The second kappa shape index (κ2) is 14.4. The van der Waals surface area contributed by atoms with Crippen LogP contribution in [0.1, 0.15) is 76.3 Å². The van der Waals surface area contributed by atoms with E-state index in [2.05, 4.69) is 67.8 Å². The van der Waals surface area contributed by atoms with Crippen molar-refractivity contribution in [1.82, 2.24) is 14.8 Å². The van der Waals surface area contributed by atoms with E-state index in [0.717, 1.165) is 38.9 Å². The summed E-state index contributed by atoms with van der Waals surface area (Å²) >= 11 is 0. The summed E-state index contributed by atoms with van der Waals surface area (Å²) in [6.07, 6.45) is 17.3. The average molecular weight is 494 g/mol. The maximum absolute atomic E-state index is 12.9. The van der Waals surface area contributed by atoms with Crippen molar-refractivity contribution in [2.45, 2.75) is 77.7 Å². The second-order valence-corrected chi connectivity index (χ2v) is 10.2. The minimum absolute atomic E-state index is 0.0445. The number of unbranched alkanes of at least 4 members (excludes halogenated alkanes) is 7. The summed E-state index contributed by atoms with van der Waals surface area (Å²) in [7, 11) is 2.15. The van der Waals surface area contributed by atoms with Crippen LogP contribution in [0.25, 0.3) is 16.5 Å². The van der Waals surface area contributed by atoms with Crippen molar-refractivity contribution in [3.63, 3.8) is 0 Å². The third kappa shape index (κ3) is 6.89. The number of amides is 1. The molecule has 198 valence electrons. The Kier molecular flexibility index (Phi) is 11.3. The first-order valence-electron chi connectivity index (χ1n) is 14.1. The number of rotatable bonds is 12. The van der Waals surface area contributed by atoms with E-state index in [4.69, 9.17) is 5.11 Å². The largest absolute Gasteiger partial charge is 0.396 e. The fourth-order valence-corrected chi connectivity index (χ4v) is 5.66. The summed E-state index contributed by atoms with van der Waals surface area (Å²) in [6, 6.07) is 6.82. The molecule has 1 aromatic carbocycles. The van der Waals surface area contributed by atoms with Gasteiger partial charge in [0, 0.05) is 49.4 Å². The highest BCUT2D eigenvalue weighted by Gasteiger charge is 2.36. The molecule has 0 saturated carbocycles. The van der Waals surface area contributed by atoms with E-state index in [0.29, 0.717) is 12.6 Å². The quantitative estimate of drug-likeness (QED) is 0.274. The summed E-state index contributed by atoms with van der Waals surface area (Å²) in [5.74, 6) is 0.210. The lowest BCUT2D eigenvalue weighted by Crippen LogP contribution is -2.47. The Bertz CT molecular complexity index is 1000. The molecule has 1 amide bonds. The maximum atomic E-state index is 12.9. The molecule has 2 atom stereocenters. The molecular weight excluding hydrogens is 446 g/mol. The Morgan fingerprint density at radius 3 is 2.50 bits per heavy atom. The zero-order valence-electron chi connectivity index (χ0n) is 22.8. The van der Waals surface area contributed by atoms with Gasteiger partial charge in [0.2, 0.25) is 5.91 Å². The number of likely N-dealkylation sites (N-methyl/N-ethyl adjacent to an activating group) is 1. The number of aliphatic hydroxyl groups excluding tert-OH is 1. The Labute approximate surface area is 218 Å². The number of carbonyl (C=O) groups excluding carboxylic acids is 1. The van der Waals surface area contributed by atoms with Gasteiger partial charge in [-0.2, -0.15) is 0 Å². The van der Waals surface area contributed by atoms with Gasteiger partial charge in [-0.25, -0.2) is 0 Å². The predicted octanol–water partition coefficient (Wildman–Crippen LogP) is 6.19. The molecule has 5 nitrogen and oxygen atoms in total. The van der Waals surface area contributed by atoms with Gasteiger partial charge in [0.25, 0.3) is 0 Å². The van der Waals surface area contributed by atoms with Crippen LogP contribution in [-0.4, -0.2) is 65.1 Å². The standard InChI is InChI=1S/C20H25N3O.C11H22O/c1-4-23(5-2)20(24)14-9-16-15-7-6-8-17-19(15)13(11-21-17)10-18(16)22(3)12-14;1-2-3-4-5-6-7-8-9-10-11-12/h6-9,11,14,18,21H,4-5,10,12H2,1-3H3;2,12H,1,3-11H2/t14-,18-;/m1./s1. The third-order valence-corrected chi connectivity index (χ3v) is 7.73. The van der Waals surface area contributed by atoms with E-state index in [1.807, 2.05) is 11.0 Å².